The lowest BCUT2D eigenvalue weighted by Crippen LogP contribution is -1.97. The Kier molecular flexibility index (Phi) is 2.54. The van der Waals surface area contributed by atoms with Crippen LogP contribution in [0.1, 0.15) is 0 Å². The first-order valence-electron chi connectivity index (χ1n) is 4.63. The zero-order valence-corrected chi connectivity index (χ0v) is 8.36. The summed E-state index contributed by atoms with van der Waals surface area (Å²) < 4.78 is 5.11. The zero-order chi connectivity index (χ0) is 10.7. The zero-order valence-electron chi connectivity index (χ0n) is 8.36. The Hall–Kier alpha value is -2.03. The highest BCUT2D eigenvalue weighted by atomic mass is 16.5. The van der Waals surface area contributed by atoms with Crippen molar-refractivity contribution in [3.8, 4) is 17.0 Å². The van der Waals surface area contributed by atoms with Crippen LogP contribution in [0.15, 0.2) is 47.4 Å². The van der Waals surface area contributed by atoms with Gasteiger partial charge in [0, 0.05) is 29.6 Å². The number of aromatic amines is 1. The van der Waals surface area contributed by atoms with Gasteiger partial charge in [-0.2, -0.15) is 0 Å². The molecule has 0 bridgehead atoms. The monoisotopic (exact) mass is 201 g/mol. The Bertz CT molecular complexity index is 517. The molecule has 0 atom stereocenters. The molecule has 1 N–H and O–H groups in total. The van der Waals surface area contributed by atoms with Gasteiger partial charge in [0.2, 0.25) is 0 Å². The molecule has 15 heavy (non-hydrogen) atoms. The molecule has 0 saturated heterocycles. The minimum absolute atomic E-state index is 0.00781. The van der Waals surface area contributed by atoms with Gasteiger partial charge in [-0.15, -0.1) is 0 Å². The van der Waals surface area contributed by atoms with Crippen molar-refractivity contribution in [1.29, 1.82) is 0 Å². The number of rotatable bonds is 2. The van der Waals surface area contributed by atoms with Gasteiger partial charge in [0.25, 0.3) is 0 Å². The van der Waals surface area contributed by atoms with Gasteiger partial charge >= 0.3 is 0 Å². The summed E-state index contributed by atoms with van der Waals surface area (Å²) in [5, 5.41) is 0. The maximum Gasteiger partial charge on any atom is 0.182 e. The fourth-order valence-corrected chi connectivity index (χ4v) is 1.40. The molecule has 1 heterocycles. The molecule has 0 aliphatic rings. The summed E-state index contributed by atoms with van der Waals surface area (Å²) >= 11 is 0. The smallest absolute Gasteiger partial charge is 0.182 e. The van der Waals surface area contributed by atoms with Gasteiger partial charge < -0.3 is 9.72 Å². The Labute approximate surface area is 87.3 Å². The van der Waals surface area contributed by atoms with Crippen molar-refractivity contribution in [3.05, 3.63) is 52.8 Å². The molecular weight excluding hydrogens is 190 g/mol. The third kappa shape index (κ3) is 2.07. The fourth-order valence-electron chi connectivity index (χ4n) is 1.40. The van der Waals surface area contributed by atoms with E-state index in [1.54, 1.807) is 19.4 Å². The number of pyridine rings is 1. The van der Waals surface area contributed by atoms with Crippen molar-refractivity contribution in [2.45, 2.75) is 0 Å². The van der Waals surface area contributed by atoms with Crippen LogP contribution < -0.4 is 10.2 Å². The van der Waals surface area contributed by atoms with Gasteiger partial charge in [0.1, 0.15) is 5.75 Å². The quantitative estimate of drug-likeness (QED) is 0.808. The van der Waals surface area contributed by atoms with Crippen LogP contribution >= 0.6 is 0 Å². The number of aromatic nitrogens is 1. The van der Waals surface area contributed by atoms with Crippen LogP contribution in [0.5, 0.6) is 5.75 Å². The third-order valence-electron chi connectivity index (χ3n) is 2.15. The highest BCUT2D eigenvalue weighted by molar-refractivity contribution is 5.60. The van der Waals surface area contributed by atoms with E-state index >= 15 is 0 Å². The third-order valence-corrected chi connectivity index (χ3v) is 2.15. The van der Waals surface area contributed by atoms with E-state index in [2.05, 4.69) is 4.98 Å². The normalized spacial score (nSPS) is 9.93. The van der Waals surface area contributed by atoms with Crippen LogP contribution in [0.2, 0.25) is 0 Å². The Morgan fingerprint density at radius 2 is 2.07 bits per heavy atom. The number of methoxy groups -OCH3 is 1. The van der Waals surface area contributed by atoms with E-state index in [1.807, 2.05) is 24.3 Å². The molecule has 0 saturated carbocycles. The molecule has 0 aliphatic heterocycles. The standard InChI is InChI=1S/C12H11NO2/c1-15-11-4-2-3-9(7-11)12-8-10(14)5-6-13-12/h2-8H,1H3,(H,13,14). The average molecular weight is 201 g/mol. The number of hydrogen-bond acceptors (Lipinski definition) is 2. The van der Waals surface area contributed by atoms with Crippen molar-refractivity contribution in [2.24, 2.45) is 0 Å². The van der Waals surface area contributed by atoms with Gasteiger partial charge in [-0.25, -0.2) is 0 Å². The largest absolute Gasteiger partial charge is 0.497 e. The maximum atomic E-state index is 11.2. The number of benzene rings is 1. The Morgan fingerprint density at radius 1 is 1.20 bits per heavy atom. The lowest BCUT2D eigenvalue weighted by Gasteiger charge is -2.03. The van der Waals surface area contributed by atoms with Crippen molar-refractivity contribution < 1.29 is 4.74 Å². The van der Waals surface area contributed by atoms with Crippen molar-refractivity contribution in [1.82, 2.24) is 4.98 Å². The number of nitrogens with one attached hydrogen (secondary N) is 1. The molecule has 2 aromatic rings. The van der Waals surface area contributed by atoms with Crippen LogP contribution in [-0.4, -0.2) is 12.1 Å². The first-order valence-corrected chi connectivity index (χ1v) is 4.63. The average Bonchev–Trinajstić information content (AvgIpc) is 2.29. The lowest BCUT2D eigenvalue weighted by molar-refractivity contribution is 0.415. The summed E-state index contributed by atoms with van der Waals surface area (Å²) in [5.74, 6) is 0.775. The first kappa shape index (κ1) is 9.52. The number of ether oxygens (including phenoxy) is 1. The van der Waals surface area contributed by atoms with Crippen molar-refractivity contribution in [3.63, 3.8) is 0 Å². The van der Waals surface area contributed by atoms with Gasteiger partial charge in [0.15, 0.2) is 5.43 Å². The van der Waals surface area contributed by atoms with Crippen LogP contribution in [0.4, 0.5) is 0 Å². The molecule has 3 nitrogen and oxygen atoms in total. The molecule has 0 radical (unpaired) electrons. The maximum absolute atomic E-state index is 11.2. The van der Waals surface area contributed by atoms with Crippen LogP contribution in [0.3, 0.4) is 0 Å². The molecule has 0 amide bonds. The molecule has 1 aromatic carbocycles. The molecular formula is C12H11NO2. The highest BCUT2D eigenvalue weighted by Gasteiger charge is 1.99. The van der Waals surface area contributed by atoms with Gasteiger partial charge in [0.05, 0.1) is 7.11 Å². The Morgan fingerprint density at radius 3 is 2.80 bits per heavy atom. The second-order valence-corrected chi connectivity index (χ2v) is 3.17. The summed E-state index contributed by atoms with van der Waals surface area (Å²) in [7, 11) is 1.62. The van der Waals surface area contributed by atoms with Gasteiger partial charge in [-0.1, -0.05) is 12.1 Å². The number of hydrogen-bond donors (Lipinski definition) is 1. The first-order chi connectivity index (χ1) is 7.29. The molecule has 1 aromatic heterocycles. The van der Waals surface area contributed by atoms with Crippen LogP contribution in [-0.2, 0) is 0 Å². The highest BCUT2D eigenvalue weighted by Crippen LogP contribution is 2.20. The summed E-state index contributed by atoms with van der Waals surface area (Å²) in [5.41, 5.74) is 1.72. The topological polar surface area (TPSA) is 42.1 Å². The van der Waals surface area contributed by atoms with E-state index in [1.165, 1.54) is 6.07 Å². The van der Waals surface area contributed by atoms with E-state index < -0.39 is 0 Å². The molecule has 3 heteroatoms. The second-order valence-electron chi connectivity index (χ2n) is 3.17. The predicted octanol–water partition coefficient (Wildman–Crippen LogP) is 2.05. The van der Waals surface area contributed by atoms with Crippen LogP contribution in [0, 0.1) is 0 Å². The van der Waals surface area contributed by atoms with Crippen molar-refractivity contribution in [2.75, 3.05) is 7.11 Å². The summed E-state index contributed by atoms with van der Waals surface area (Å²) in [6.07, 6.45) is 1.64. The van der Waals surface area contributed by atoms with E-state index in [-0.39, 0.29) is 5.43 Å². The van der Waals surface area contributed by atoms with E-state index in [4.69, 9.17) is 4.74 Å². The lowest BCUT2D eigenvalue weighted by atomic mass is 10.1. The van der Waals surface area contributed by atoms with E-state index in [9.17, 15) is 4.79 Å². The minimum Gasteiger partial charge on any atom is -0.497 e. The summed E-state index contributed by atoms with van der Waals surface area (Å²) in [6.45, 7) is 0. The molecule has 76 valence electrons. The summed E-state index contributed by atoms with van der Waals surface area (Å²) in [6, 6.07) is 10.6. The molecule has 0 fully saturated rings. The molecule has 0 aliphatic carbocycles. The predicted molar refractivity (Wildman–Crippen MR) is 59.1 cm³/mol. The molecule has 0 spiro atoms. The second kappa shape index (κ2) is 4.00. The Balaban J connectivity index is 2.49. The van der Waals surface area contributed by atoms with Gasteiger partial charge in [-0.3, -0.25) is 4.79 Å². The SMILES string of the molecule is COc1cccc(-c2cc(=O)cc[nH]2)c1. The number of H-pyrrole nitrogens is 1. The minimum atomic E-state index is -0.00781. The molecule has 0 unspecified atom stereocenters. The molecule has 2 rings (SSSR count). The van der Waals surface area contributed by atoms with Crippen LogP contribution in [0.25, 0.3) is 11.3 Å². The van der Waals surface area contributed by atoms with E-state index in [0.717, 1.165) is 17.0 Å². The fraction of sp³-hybridized carbons (Fsp3) is 0.0833. The van der Waals surface area contributed by atoms with Gasteiger partial charge in [-0.05, 0) is 12.1 Å². The van der Waals surface area contributed by atoms with E-state index in [0.29, 0.717) is 0 Å². The summed E-state index contributed by atoms with van der Waals surface area (Å²) in [4.78, 5) is 14.2. The van der Waals surface area contributed by atoms with Crippen molar-refractivity contribution >= 4 is 0 Å².